The Morgan fingerprint density at radius 1 is 1.19 bits per heavy atom. The minimum absolute atomic E-state index is 1.00. The van der Waals surface area contributed by atoms with Gasteiger partial charge in [-0.3, -0.25) is 0 Å². The fraction of sp³-hybridized carbons (Fsp3) is 0.250. The Bertz CT molecular complexity index is 389. The Hall–Kier alpha value is -1.56. The van der Waals surface area contributed by atoms with E-state index in [0.29, 0.717) is 0 Å². The highest BCUT2D eigenvalue weighted by Crippen LogP contribution is 2.05. The number of allylic oxidation sites excluding steroid dienone is 6. The molecule has 0 heterocycles. The van der Waals surface area contributed by atoms with Crippen LogP contribution in [-0.2, 0) is 6.42 Å². The zero-order valence-corrected chi connectivity index (χ0v) is 10.4. The molecule has 0 atom stereocenters. The lowest BCUT2D eigenvalue weighted by atomic mass is 10.1. The quantitative estimate of drug-likeness (QED) is 0.639. The van der Waals surface area contributed by atoms with Gasteiger partial charge in [0.15, 0.2) is 0 Å². The maximum atomic E-state index is 2.21. The van der Waals surface area contributed by atoms with Crippen LogP contribution in [0.1, 0.15) is 25.0 Å². The van der Waals surface area contributed by atoms with Crippen LogP contribution in [0, 0.1) is 6.92 Å². The van der Waals surface area contributed by atoms with E-state index in [1.807, 2.05) is 13.0 Å². The number of benzene rings is 1. The third-order valence-electron chi connectivity index (χ3n) is 2.41. The zero-order valence-electron chi connectivity index (χ0n) is 10.4. The van der Waals surface area contributed by atoms with Crippen molar-refractivity contribution in [3.8, 4) is 0 Å². The molecule has 0 aliphatic rings. The van der Waals surface area contributed by atoms with Crippen molar-refractivity contribution in [1.82, 2.24) is 0 Å². The first-order chi connectivity index (χ1) is 7.72. The third kappa shape index (κ3) is 4.79. The molecule has 84 valence electrons. The molecule has 0 fully saturated rings. The molecule has 0 aliphatic carbocycles. The van der Waals surface area contributed by atoms with E-state index in [4.69, 9.17) is 0 Å². The van der Waals surface area contributed by atoms with Crippen molar-refractivity contribution in [2.45, 2.75) is 27.2 Å². The first kappa shape index (κ1) is 12.5. The Kier molecular flexibility index (Phi) is 5.35. The standard InChI is InChI=1S/C16H20/c1-4-5-7-14(2)8-6-9-16-12-10-15(3)11-13-16/h4-8,10-13H,9H2,1-3H3/b5-4-,8-6+,14-7-. The molecular weight excluding hydrogens is 192 g/mol. The molecule has 0 saturated carbocycles. The number of aryl methyl sites for hydroxylation is 1. The first-order valence-electron chi connectivity index (χ1n) is 5.74. The van der Waals surface area contributed by atoms with Gasteiger partial charge in [-0.15, -0.1) is 0 Å². The van der Waals surface area contributed by atoms with Gasteiger partial charge in [-0.2, -0.15) is 0 Å². The molecule has 0 unspecified atom stereocenters. The molecule has 0 radical (unpaired) electrons. The summed E-state index contributed by atoms with van der Waals surface area (Å²) in [6, 6.07) is 8.69. The third-order valence-corrected chi connectivity index (χ3v) is 2.41. The Balaban J connectivity index is 2.51. The molecule has 0 spiro atoms. The topological polar surface area (TPSA) is 0 Å². The second kappa shape index (κ2) is 6.84. The van der Waals surface area contributed by atoms with E-state index in [9.17, 15) is 0 Å². The lowest BCUT2D eigenvalue weighted by molar-refractivity contribution is 1.25. The van der Waals surface area contributed by atoms with Crippen LogP contribution in [0.5, 0.6) is 0 Å². The fourth-order valence-electron chi connectivity index (χ4n) is 1.41. The van der Waals surface area contributed by atoms with E-state index in [2.05, 4.69) is 62.4 Å². The minimum atomic E-state index is 1.00. The van der Waals surface area contributed by atoms with Crippen molar-refractivity contribution in [3.05, 3.63) is 71.3 Å². The minimum Gasteiger partial charge on any atom is -0.0877 e. The number of hydrogen-bond acceptors (Lipinski definition) is 0. The number of hydrogen-bond donors (Lipinski definition) is 0. The predicted octanol–water partition coefficient (Wildman–Crippen LogP) is 4.62. The maximum Gasteiger partial charge on any atom is -0.00942 e. The van der Waals surface area contributed by atoms with Crippen molar-refractivity contribution in [1.29, 1.82) is 0 Å². The summed E-state index contributed by atoms with van der Waals surface area (Å²) >= 11 is 0. The molecule has 1 aromatic carbocycles. The molecule has 0 aromatic heterocycles. The lowest BCUT2D eigenvalue weighted by Crippen LogP contribution is -1.81. The highest BCUT2D eigenvalue weighted by molar-refractivity contribution is 5.26. The summed E-state index contributed by atoms with van der Waals surface area (Å²) in [6.45, 7) is 6.26. The van der Waals surface area contributed by atoms with Gasteiger partial charge in [0.2, 0.25) is 0 Å². The Morgan fingerprint density at radius 3 is 2.50 bits per heavy atom. The van der Waals surface area contributed by atoms with Gasteiger partial charge in [-0.05, 0) is 32.8 Å². The zero-order chi connectivity index (χ0) is 11.8. The van der Waals surface area contributed by atoms with E-state index in [0.717, 1.165) is 6.42 Å². The van der Waals surface area contributed by atoms with Crippen LogP contribution in [0.4, 0.5) is 0 Å². The molecule has 0 amide bonds. The summed E-state index contributed by atoms with van der Waals surface area (Å²) in [5.74, 6) is 0. The van der Waals surface area contributed by atoms with Crippen molar-refractivity contribution in [2.75, 3.05) is 0 Å². The normalized spacial score (nSPS) is 12.8. The molecular formula is C16H20. The molecule has 0 N–H and O–H groups in total. The molecule has 0 heteroatoms. The lowest BCUT2D eigenvalue weighted by Gasteiger charge is -1.97. The van der Waals surface area contributed by atoms with Gasteiger partial charge in [0, 0.05) is 0 Å². The highest BCUT2D eigenvalue weighted by atomic mass is 13.9. The first-order valence-corrected chi connectivity index (χ1v) is 5.74. The molecule has 0 aliphatic heterocycles. The van der Waals surface area contributed by atoms with Crippen LogP contribution in [-0.4, -0.2) is 0 Å². The second-order valence-corrected chi connectivity index (χ2v) is 4.03. The fourth-order valence-corrected chi connectivity index (χ4v) is 1.41. The van der Waals surface area contributed by atoms with E-state index < -0.39 is 0 Å². The van der Waals surface area contributed by atoms with Crippen LogP contribution in [0.3, 0.4) is 0 Å². The van der Waals surface area contributed by atoms with Crippen LogP contribution < -0.4 is 0 Å². The average molecular weight is 212 g/mol. The Labute approximate surface area is 99.0 Å². The maximum absolute atomic E-state index is 2.21. The van der Waals surface area contributed by atoms with Gasteiger partial charge in [-0.1, -0.05) is 65.8 Å². The predicted molar refractivity (Wildman–Crippen MR) is 72.6 cm³/mol. The largest absolute Gasteiger partial charge is 0.0877 e. The molecule has 1 aromatic rings. The average Bonchev–Trinajstić information content (AvgIpc) is 2.29. The SMILES string of the molecule is C\C=C/C=C(C)\C=C\Cc1ccc(C)cc1. The van der Waals surface area contributed by atoms with Crippen molar-refractivity contribution < 1.29 is 0 Å². The summed E-state index contributed by atoms with van der Waals surface area (Å²) in [4.78, 5) is 0. The van der Waals surface area contributed by atoms with Crippen LogP contribution in [0.15, 0.2) is 60.2 Å². The second-order valence-electron chi connectivity index (χ2n) is 4.03. The van der Waals surface area contributed by atoms with Gasteiger partial charge < -0.3 is 0 Å². The molecule has 0 bridgehead atoms. The van der Waals surface area contributed by atoms with Gasteiger partial charge >= 0.3 is 0 Å². The number of rotatable bonds is 4. The Morgan fingerprint density at radius 2 is 1.88 bits per heavy atom. The van der Waals surface area contributed by atoms with Gasteiger partial charge in [0.05, 0.1) is 0 Å². The van der Waals surface area contributed by atoms with E-state index in [-0.39, 0.29) is 0 Å². The van der Waals surface area contributed by atoms with Crippen LogP contribution in [0.25, 0.3) is 0 Å². The molecule has 0 saturated heterocycles. The summed E-state index contributed by atoms with van der Waals surface area (Å²) in [6.07, 6.45) is 11.6. The van der Waals surface area contributed by atoms with Crippen LogP contribution >= 0.6 is 0 Å². The van der Waals surface area contributed by atoms with Gasteiger partial charge in [0.1, 0.15) is 0 Å². The summed E-state index contributed by atoms with van der Waals surface area (Å²) < 4.78 is 0. The molecule has 0 nitrogen and oxygen atoms in total. The summed E-state index contributed by atoms with van der Waals surface area (Å²) in [5, 5.41) is 0. The summed E-state index contributed by atoms with van der Waals surface area (Å²) in [7, 11) is 0. The van der Waals surface area contributed by atoms with E-state index >= 15 is 0 Å². The van der Waals surface area contributed by atoms with Crippen molar-refractivity contribution >= 4 is 0 Å². The monoisotopic (exact) mass is 212 g/mol. The molecule has 16 heavy (non-hydrogen) atoms. The van der Waals surface area contributed by atoms with Crippen molar-refractivity contribution in [2.24, 2.45) is 0 Å². The highest BCUT2D eigenvalue weighted by Gasteiger charge is 1.88. The van der Waals surface area contributed by atoms with Crippen molar-refractivity contribution in [3.63, 3.8) is 0 Å². The van der Waals surface area contributed by atoms with E-state index in [1.165, 1.54) is 16.7 Å². The summed E-state index contributed by atoms with van der Waals surface area (Å²) in [5.41, 5.74) is 3.96. The van der Waals surface area contributed by atoms with Gasteiger partial charge in [0.25, 0.3) is 0 Å². The van der Waals surface area contributed by atoms with Gasteiger partial charge in [-0.25, -0.2) is 0 Å². The smallest absolute Gasteiger partial charge is 0.00942 e. The molecule has 1 rings (SSSR count). The van der Waals surface area contributed by atoms with Crippen LogP contribution in [0.2, 0.25) is 0 Å². The van der Waals surface area contributed by atoms with E-state index in [1.54, 1.807) is 0 Å².